The number of piperazine rings is 1. The number of nitrogens with zero attached hydrogens (tertiary/aromatic N) is 7. The fourth-order valence-corrected chi connectivity index (χ4v) is 4.20. The van der Waals surface area contributed by atoms with Crippen LogP contribution in [0.2, 0.25) is 0 Å². The summed E-state index contributed by atoms with van der Waals surface area (Å²) < 4.78 is 2.51. The predicted octanol–water partition coefficient (Wildman–Crippen LogP) is -0.728. The molecular formula is C19H26N8O4. The van der Waals surface area contributed by atoms with Crippen molar-refractivity contribution in [3.05, 3.63) is 55.2 Å². The number of rotatable bonds is 5. The van der Waals surface area contributed by atoms with E-state index in [0.29, 0.717) is 24.7 Å². The third-order valence-electron chi connectivity index (χ3n) is 6.01. The Morgan fingerprint density at radius 2 is 1.65 bits per heavy atom. The maximum absolute atomic E-state index is 12.7. The zero-order valence-electron chi connectivity index (χ0n) is 17.6. The van der Waals surface area contributed by atoms with E-state index in [0.717, 1.165) is 43.0 Å². The molecule has 1 aromatic carbocycles. The molecule has 1 fully saturated rings. The van der Waals surface area contributed by atoms with Crippen molar-refractivity contribution >= 4 is 22.9 Å². The van der Waals surface area contributed by atoms with Gasteiger partial charge in [0, 0.05) is 71.2 Å². The van der Waals surface area contributed by atoms with Crippen LogP contribution < -0.4 is 31.9 Å². The Labute approximate surface area is 178 Å². The molecule has 0 amide bonds. The first kappa shape index (κ1) is 20.9. The molecule has 2 aliphatic heterocycles. The van der Waals surface area contributed by atoms with E-state index in [1.165, 1.54) is 28.8 Å². The summed E-state index contributed by atoms with van der Waals surface area (Å²) in [7, 11) is 3.08. The van der Waals surface area contributed by atoms with Crippen LogP contribution in [-0.2, 0) is 14.1 Å². The molecule has 2 aromatic rings. The molecule has 2 aliphatic rings. The third-order valence-corrected chi connectivity index (χ3v) is 6.01. The first-order valence-electron chi connectivity index (χ1n) is 10.1. The van der Waals surface area contributed by atoms with Crippen LogP contribution in [0.5, 0.6) is 0 Å². The highest BCUT2D eigenvalue weighted by atomic mass is 16.6. The zero-order valence-corrected chi connectivity index (χ0v) is 17.6. The Bertz CT molecular complexity index is 1100. The second-order valence-electron chi connectivity index (χ2n) is 7.85. The van der Waals surface area contributed by atoms with Crippen LogP contribution >= 0.6 is 0 Å². The first-order valence-corrected chi connectivity index (χ1v) is 10.1. The van der Waals surface area contributed by atoms with Gasteiger partial charge in [-0.25, -0.2) is 10.6 Å². The van der Waals surface area contributed by atoms with E-state index >= 15 is 0 Å². The summed E-state index contributed by atoms with van der Waals surface area (Å²) in [5.41, 5.74) is 0.779. The van der Waals surface area contributed by atoms with E-state index in [-0.39, 0.29) is 11.2 Å². The maximum Gasteiger partial charge on any atom is 0.332 e. The molecule has 12 heteroatoms. The quantitative estimate of drug-likeness (QED) is 0.371. The Kier molecular flexibility index (Phi) is 5.41. The molecule has 3 heterocycles. The third kappa shape index (κ3) is 3.75. The molecule has 166 valence electrons. The van der Waals surface area contributed by atoms with Crippen molar-refractivity contribution in [2.45, 2.75) is 0 Å². The molecule has 1 aromatic heterocycles. The van der Waals surface area contributed by atoms with E-state index in [1.807, 2.05) is 4.90 Å². The number of fused-ring (bicyclic) bond motifs is 1. The maximum atomic E-state index is 12.7. The number of nitro benzene ring substituents is 1. The van der Waals surface area contributed by atoms with Crippen molar-refractivity contribution in [3.8, 4) is 0 Å². The van der Waals surface area contributed by atoms with Crippen molar-refractivity contribution in [2.75, 3.05) is 60.7 Å². The number of hydrazine groups is 1. The van der Waals surface area contributed by atoms with Gasteiger partial charge >= 0.3 is 5.69 Å². The fraction of sp³-hybridized carbons (Fsp3) is 0.474. The number of nitrogens with two attached hydrogens (primary N) is 1. The number of anilines is 3. The topological polar surface area (TPSA) is 126 Å². The molecule has 0 atom stereocenters. The summed E-state index contributed by atoms with van der Waals surface area (Å²) in [5, 5.41) is 12.3. The van der Waals surface area contributed by atoms with Crippen LogP contribution in [0.4, 0.5) is 22.9 Å². The highest BCUT2D eigenvalue weighted by Gasteiger charge is 2.31. The summed E-state index contributed by atoms with van der Waals surface area (Å²) in [6, 6.07) is 6.62. The number of non-ortho nitro benzene ring substituents is 1. The van der Waals surface area contributed by atoms with Crippen molar-refractivity contribution in [1.82, 2.24) is 14.0 Å². The number of benzene rings is 1. The fourth-order valence-electron chi connectivity index (χ4n) is 4.20. The molecule has 31 heavy (non-hydrogen) atoms. The van der Waals surface area contributed by atoms with E-state index in [4.69, 9.17) is 5.84 Å². The number of aromatic nitrogens is 2. The van der Waals surface area contributed by atoms with Gasteiger partial charge in [-0.3, -0.25) is 34.0 Å². The van der Waals surface area contributed by atoms with Crippen molar-refractivity contribution in [1.29, 1.82) is 0 Å². The predicted molar refractivity (Wildman–Crippen MR) is 118 cm³/mol. The smallest absolute Gasteiger partial charge is 0.332 e. The van der Waals surface area contributed by atoms with Gasteiger partial charge in [0.05, 0.1) is 4.92 Å². The molecular weight excluding hydrogens is 404 g/mol. The van der Waals surface area contributed by atoms with E-state index in [9.17, 15) is 19.7 Å². The lowest BCUT2D eigenvalue weighted by atomic mass is 10.2. The Hall–Kier alpha value is -3.38. The summed E-state index contributed by atoms with van der Waals surface area (Å²) >= 11 is 0. The lowest BCUT2D eigenvalue weighted by Crippen LogP contribution is -2.49. The Balaban J connectivity index is 1.38. The largest absolute Gasteiger partial charge is 0.369 e. The number of hydrogen-bond acceptors (Lipinski definition) is 9. The van der Waals surface area contributed by atoms with Gasteiger partial charge in [-0.05, 0) is 12.1 Å². The highest BCUT2D eigenvalue weighted by molar-refractivity contribution is 5.71. The van der Waals surface area contributed by atoms with Crippen LogP contribution in [-0.4, -0.2) is 64.9 Å². The average Bonchev–Trinajstić information content (AvgIpc) is 3.11. The van der Waals surface area contributed by atoms with Crippen LogP contribution in [0.1, 0.15) is 0 Å². The van der Waals surface area contributed by atoms with Crippen LogP contribution in [0.15, 0.2) is 33.9 Å². The van der Waals surface area contributed by atoms with Crippen LogP contribution in [0, 0.1) is 10.1 Å². The summed E-state index contributed by atoms with van der Waals surface area (Å²) in [4.78, 5) is 41.7. The van der Waals surface area contributed by atoms with Crippen molar-refractivity contribution < 1.29 is 4.92 Å². The molecule has 4 rings (SSSR count). The van der Waals surface area contributed by atoms with Crippen LogP contribution in [0.3, 0.4) is 0 Å². The SMILES string of the molecule is Cn1c2c(c(=O)n(C)c1=O)N(CCN1CCN(c3ccc([N+](=O)[O-])cc3)CC1)CN2N. The first-order chi connectivity index (χ1) is 14.8. The second-order valence-corrected chi connectivity index (χ2v) is 7.85. The zero-order chi connectivity index (χ0) is 22.3. The Morgan fingerprint density at radius 1 is 1.00 bits per heavy atom. The van der Waals surface area contributed by atoms with Gasteiger partial charge in [0.2, 0.25) is 0 Å². The summed E-state index contributed by atoms with van der Waals surface area (Å²) in [6.45, 7) is 5.04. The minimum atomic E-state index is -0.400. The van der Waals surface area contributed by atoms with Crippen LogP contribution in [0.25, 0.3) is 0 Å². The van der Waals surface area contributed by atoms with Gasteiger partial charge in [-0.1, -0.05) is 0 Å². The van der Waals surface area contributed by atoms with Gasteiger partial charge in [0.25, 0.3) is 11.2 Å². The van der Waals surface area contributed by atoms with Gasteiger partial charge in [-0.15, -0.1) is 0 Å². The van der Waals surface area contributed by atoms with Crippen molar-refractivity contribution in [2.24, 2.45) is 19.9 Å². The van der Waals surface area contributed by atoms with E-state index in [1.54, 1.807) is 19.2 Å². The molecule has 0 spiro atoms. The molecule has 2 N–H and O–H groups in total. The minimum Gasteiger partial charge on any atom is -0.369 e. The number of nitro groups is 1. The highest BCUT2D eigenvalue weighted by Crippen LogP contribution is 2.28. The molecule has 12 nitrogen and oxygen atoms in total. The van der Waals surface area contributed by atoms with E-state index in [2.05, 4.69) is 9.80 Å². The summed E-state index contributed by atoms with van der Waals surface area (Å²) in [6.07, 6.45) is 0. The molecule has 0 bridgehead atoms. The van der Waals surface area contributed by atoms with Gasteiger partial charge in [-0.2, -0.15) is 0 Å². The average molecular weight is 430 g/mol. The minimum absolute atomic E-state index is 0.0888. The lowest BCUT2D eigenvalue weighted by Gasteiger charge is -2.36. The van der Waals surface area contributed by atoms with Crippen molar-refractivity contribution in [3.63, 3.8) is 0 Å². The number of hydrogen-bond donors (Lipinski definition) is 1. The monoisotopic (exact) mass is 430 g/mol. The van der Waals surface area contributed by atoms with Gasteiger partial charge < -0.3 is 9.80 Å². The second kappa shape index (κ2) is 8.04. The molecule has 0 aliphatic carbocycles. The standard InChI is InChI=1S/C19H26N8O4/c1-21-17-16(18(28)22(2)19(21)29)25(13-26(17)20)12-9-23-7-10-24(11-8-23)14-3-5-15(6-4-14)27(30)31/h3-6H,7-13,20H2,1-2H3. The van der Waals surface area contributed by atoms with Gasteiger partial charge in [0.15, 0.2) is 5.82 Å². The lowest BCUT2D eigenvalue weighted by molar-refractivity contribution is -0.384. The molecule has 0 radical (unpaired) electrons. The van der Waals surface area contributed by atoms with Gasteiger partial charge in [0.1, 0.15) is 12.4 Å². The Morgan fingerprint density at radius 3 is 2.26 bits per heavy atom. The normalized spacial score (nSPS) is 16.7. The summed E-state index contributed by atoms with van der Waals surface area (Å²) in [5.74, 6) is 6.51. The molecule has 0 unspecified atom stereocenters. The molecule has 1 saturated heterocycles. The van der Waals surface area contributed by atoms with E-state index < -0.39 is 10.6 Å². The molecule has 0 saturated carbocycles.